The van der Waals surface area contributed by atoms with Crippen LogP contribution in [0.3, 0.4) is 0 Å². The molecule has 2 rings (SSSR count). The van der Waals surface area contributed by atoms with Crippen LogP contribution in [-0.4, -0.2) is 43.4 Å². The monoisotopic (exact) mass is 251 g/mol. The first-order chi connectivity index (χ1) is 8.54. The minimum atomic E-state index is -0.215. The van der Waals surface area contributed by atoms with Crippen LogP contribution in [0.25, 0.3) is 0 Å². The van der Waals surface area contributed by atoms with Gasteiger partial charge >= 0.3 is 0 Å². The summed E-state index contributed by atoms with van der Waals surface area (Å²) in [6, 6.07) is 5.77. The fourth-order valence-corrected chi connectivity index (χ4v) is 2.29. The van der Waals surface area contributed by atoms with Gasteiger partial charge in [0, 0.05) is 25.7 Å². The Morgan fingerprint density at radius 3 is 3.00 bits per heavy atom. The quantitative estimate of drug-likeness (QED) is 0.869. The van der Waals surface area contributed by atoms with Crippen molar-refractivity contribution < 1.29 is 9.47 Å². The summed E-state index contributed by atoms with van der Waals surface area (Å²) in [5.74, 6) is 1.53. The Balaban J connectivity index is 2.20. The first kappa shape index (κ1) is 13.1. The molecule has 1 aliphatic rings. The predicted molar refractivity (Wildman–Crippen MR) is 71.0 cm³/mol. The Bertz CT molecular complexity index is 409. The lowest BCUT2D eigenvalue weighted by molar-refractivity contribution is -0.0790. The third-order valence-electron chi connectivity index (χ3n) is 2.99. The van der Waals surface area contributed by atoms with Gasteiger partial charge in [0.15, 0.2) is 0 Å². The van der Waals surface area contributed by atoms with Gasteiger partial charge in [0.2, 0.25) is 5.88 Å². The SMILES string of the molecule is COc1cccc(N2CC(CN)OC(C)(C)C2)n1. The van der Waals surface area contributed by atoms with E-state index in [1.165, 1.54) is 0 Å². The van der Waals surface area contributed by atoms with Crippen LogP contribution in [0.15, 0.2) is 18.2 Å². The van der Waals surface area contributed by atoms with Crippen molar-refractivity contribution in [2.24, 2.45) is 5.73 Å². The molecule has 2 N–H and O–H groups in total. The zero-order chi connectivity index (χ0) is 13.2. The molecule has 1 atom stereocenters. The maximum Gasteiger partial charge on any atom is 0.214 e. The number of rotatable bonds is 3. The van der Waals surface area contributed by atoms with E-state index in [0.29, 0.717) is 12.4 Å². The molecule has 1 unspecified atom stereocenters. The number of ether oxygens (including phenoxy) is 2. The molecular formula is C13H21N3O2. The van der Waals surface area contributed by atoms with Crippen LogP contribution in [0.1, 0.15) is 13.8 Å². The minimum Gasteiger partial charge on any atom is -0.481 e. The van der Waals surface area contributed by atoms with Crippen LogP contribution in [-0.2, 0) is 4.74 Å². The average molecular weight is 251 g/mol. The number of morpholine rings is 1. The first-order valence-corrected chi connectivity index (χ1v) is 6.18. The van der Waals surface area contributed by atoms with E-state index in [4.69, 9.17) is 15.2 Å². The molecule has 5 heteroatoms. The molecule has 0 radical (unpaired) electrons. The standard InChI is InChI=1S/C13H21N3O2/c1-13(2)9-16(8-10(7-14)18-13)11-5-4-6-12(15-11)17-3/h4-6,10H,7-9,14H2,1-3H3. The molecule has 1 aliphatic heterocycles. The molecule has 0 amide bonds. The van der Waals surface area contributed by atoms with Gasteiger partial charge in [-0.1, -0.05) is 6.07 Å². The van der Waals surface area contributed by atoms with E-state index < -0.39 is 0 Å². The molecule has 1 aromatic heterocycles. The van der Waals surface area contributed by atoms with Crippen molar-refractivity contribution in [2.45, 2.75) is 25.6 Å². The highest BCUT2D eigenvalue weighted by atomic mass is 16.5. The van der Waals surface area contributed by atoms with Crippen LogP contribution in [0.4, 0.5) is 5.82 Å². The molecule has 0 aromatic carbocycles. The predicted octanol–water partition coefficient (Wildman–Crippen LogP) is 1.03. The van der Waals surface area contributed by atoms with Gasteiger partial charge in [-0.05, 0) is 19.9 Å². The fourth-order valence-electron chi connectivity index (χ4n) is 2.29. The number of methoxy groups -OCH3 is 1. The molecule has 2 heterocycles. The molecule has 100 valence electrons. The van der Waals surface area contributed by atoms with Gasteiger partial charge in [-0.15, -0.1) is 0 Å². The molecule has 0 aliphatic carbocycles. The molecule has 1 saturated heterocycles. The van der Waals surface area contributed by atoms with E-state index in [-0.39, 0.29) is 11.7 Å². The Morgan fingerprint density at radius 1 is 1.56 bits per heavy atom. The summed E-state index contributed by atoms with van der Waals surface area (Å²) < 4.78 is 11.1. The Hall–Kier alpha value is -1.33. The largest absolute Gasteiger partial charge is 0.481 e. The van der Waals surface area contributed by atoms with E-state index in [1.54, 1.807) is 7.11 Å². The summed E-state index contributed by atoms with van der Waals surface area (Å²) in [6.07, 6.45) is 0.0433. The number of hydrogen-bond donors (Lipinski definition) is 1. The van der Waals surface area contributed by atoms with Crippen molar-refractivity contribution in [3.63, 3.8) is 0 Å². The molecule has 18 heavy (non-hydrogen) atoms. The highest BCUT2D eigenvalue weighted by molar-refractivity contribution is 5.42. The van der Waals surface area contributed by atoms with E-state index in [2.05, 4.69) is 23.7 Å². The Kier molecular flexibility index (Phi) is 3.73. The van der Waals surface area contributed by atoms with Crippen LogP contribution in [0.5, 0.6) is 5.88 Å². The maximum atomic E-state index is 5.91. The van der Waals surface area contributed by atoms with Crippen LogP contribution >= 0.6 is 0 Å². The number of nitrogens with zero attached hydrogens (tertiary/aromatic N) is 2. The van der Waals surface area contributed by atoms with Crippen molar-refractivity contribution in [1.82, 2.24) is 4.98 Å². The first-order valence-electron chi connectivity index (χ1n) is 6.18. The number of hydrogen-bond acceptors (Lipinski definition) is 5. The molecule has 5 nitrogen and oxygen atoms in total. The van der Waals surface area contributed by atoms with Gasteiger partial charge in [-0.3, -0.25) is 0 Å². The second-order valence-electron chi connectivity index (χ2n) is 5.15. The van der Waals surface area contributed by atoms with Crippen molar-refractivity contribution in [3.05, 3.63) is 18.2 Å². The summed E-state index contributed by atoms with van der Waals surface area (Å²) in [6.45, 7) is 6.22. The number of nitrogens with two attached hydrogens (primary N) is 1. The number of aromatic nitrogens is 1. The highest BCUT2D eigenvalue weighted by Crippen LogP contribution is 2.25. The zero-order valence-corrected chi connectivity index (χ0v) is 11.2. The van der Waals surface area contributed by atoms with Crippen molar-refractivity contribution >= 4 is 5.82 Å². The maximum absolute atomic E-state index is 5.91. The van der Waals surface area contributed by atoms with Gasteiger partial charge in [-0.25, -0.2) is 0 Å². The summed E-state index contributed by atoms with van der Waals surface area (Å²) in [4.78, 5) is 6.65. The van der Waals surface area contributed by atoms with Crippen LogP contribution in [0, 0.1) is 0 Å². The molecule has 0 saturated carbocycles. The summed E-state index contributed by atoms with van der Waals surface area (Å²) in [5.41, 5.74) is 5.51. The third-order valence-corrected chi connectivity index (χ3v) is 2.99. The van der Waals surface area contributed by atoms with Gasteiger partial charge in [-0.2, -0.15) is 4.98 Å². The normalized spacial score (nSPS) is 22.9. The molecule has 0 bridgehead atoms. The molecule has 1 aromatic rings. The summed E-state index contributed by atoms with van der Waals surface area (Å²) in [5, 5.41) is 0. The average Bonchev–Trinajstić information content (AvgIpc) is 2.37. The topological polar surface area (TPSA) is 60.6 Å². The smallest absolute Gasteiger partial charge is 0.214 e. The van der Waals surface area contributed by atoms with Crippen molar-refractivity contribution in [1.29, 1.82) is 0 Å². The van der Waals surface area contributed by atoms with Crippen molar-refractivity contribution in [3.8, 4) is 5.88 Å². The van der Waals surface area contributed by atoms with Gasteiger partial charge < -0.3 is 20.1 Å². The second-order valence-corrected chi connectivity index (χ2v) is 5.15. The van der Waals surface area contributed by atoms with Crippen molar-refractivity contribution in [2.75, 3.05) is 31.6 Å². The molecule has 1 fully saturated rings. The van der Waals surface area contributed by atoms with Gasteiger partial charge in [0.25, 0.3) is 0 Å². The minimum absolute atomic E-state index is 0.0433. The number of pyridine rings is 1. The van der Waals surface area contributed by atoms with Crippen LogP contribution in [0.2, 0.25) is 0 Å². The Labute approximate surface area is 108 Å². The van der Waals surface area contributed by atoms with E-state index in [9.17, 15) is 0 Å². The van der Waals surface area contributed by atoms with E-state index >= 15 is 0 Å². The Morgan fingerprint density at radius 2 is 2.33 bits per heavy atom. The molecular weight excluding hydrogens is 230 g/mol. The fraction of sp³-hybridized carbons (Fsp3) is 0.615. The summed E-state index contributed by atoms with van der Waals surface area (Å²) >= 11 is 0. The lowest BCUT2D eigenvalue weighted by Crippen LogP contribution is -2.55. The van der Waals surface area contributed by atoms with E-state index in [0.717, 1.165) is 18.9 Å². The third kappa shape index (κ3) is 2.91. The lowest BCUT2D eigenvalue weighted by atomic mass is 10.1. The van der Waals surface area contributed by atoms with Gasteiger partial charge in [0.1, 0.15) is 5.82 Å². The number of anilines is 1. The molecule has 0 spiro atoms. The van der Waals surface area contributed by atoms with Gasteiger partial charge in [0.05, 0.1) is 18.8 Å². The highest BCUT2D eigenvalue weighted by Gasteiger charge is 2.33. The van der Waals surface area contributed by atoms with Crippen LogP contribution < -0.4 is 15.4 Å². The summed E-state index contributed by atoms with van der Waals surface area (Å²) in [7, 11) is 1.62. The zero-order valence-electron chi connectivity index (χ0n) is 11.2. The second kappa shape index (κ2) is 5.12. The lowest BCUT2D eigenvalue weighted by Gasteiger charge is -2.43. The van der Waals surface area contributed by atoms with E-state index in [1.807, 2.05) is 18.2 Å².